The molecule has 18 heavy (non-hydrogen) atoms. The molecule has 96 valence electrons. The van der Waals surface area contributed by atoms with E-state index in [0.717, 1.165) is 11.4 Å². The third kappa shape index (κ3) is 2.65. The molecule has 3 nitrogen and oxygen atoms in total. The number of nitrogens with zero attached hydrogens (tertiary/aromatic N) is 2. The molecule has 2 aromatic rings. The fourth-order valence-electron chi connectivity index (χ4n) is 1.94. The summed E-state index contributed by atoms with van der Waals surface area (Å²) in [5.41, 5.74) is 2.20. The Morgan fingerprint density at radius 2 is 2.00 bits per heavy atom. The van der Waals surface area contributed by atoms with E-state index in [9.17, 15) is 0 Å². The van der Waals surface area contributed by atoms with Crippen LogP contribution in [0.4, 0.5) is 5.82 Å². The Bertz CT molecular complexity index is 565. The van der Waals surface area contributed by atoms with Gasteiger partial charge in [0.15, 0.2) is 0 Å². The zero-order valence-electron chi connectivity index (χ0n) is 10.9. The lowest BCUT2D eigenvalue weighted by atomic mass is 10.1. The van der Waals surface area contributed by atoms with Crippen molar-refractivity contribution in [3.63, 3.8) is 0 Å². The van der Waals surface area contributed by atoms with Crippen LogP contribution in [0, 0.1) is 20.8 Å². The zero-order chi connectivity index (χ0) is 13.3. The van der Waals surface area contributed by atoms with E-state index in [-0.39, 0.29) is 6.04 Å². The molecule has 1 N–H and O–H groups in total. The van der Waals surface area contributed by atoms with Crippen LogP contribution in [0.5, 0.6) is 0 Å². The first-order chi connectivity index (χ1) is 8.49. The number of thiophene rings is 1. The van der Waals surface area contributed by atoms with Crippen molar-refractivity contribution in [3.05, 3.63) is 38.4 Å². The molecule has 0 aliphatic rings. The van der Waals surface area contributed by atoms with Crippen LogP contribution in [0.2, 0.25) is 5.15 Å². The van der Waals surface area contributed by atoms with Crippen molar-refractivity contribution in [2.45, 2.75) is 33.7 Å². The molecule has 2 aromatic heterocycles. The highest BCUT2D eigenvalue weighted by atomic mass is 35.5. The van der Waals surface area contributed by atoms with Gasteiger partial charge in [0.2, 0.25) is 0 Å². The number of halogens is 1. The summed E-state index contributed by atoms with van der Waals surface area (Å²) in [5, 5.41) is 3.89. The van der Waals surface area contributed by atoms with Gasteiger partial charge < -0.3 is 5.32 Å². The molecule has 0 fully saturated rings. The van der Waals surface area contributed by atoms with Crippen LogP contribution >= 0.6 is 22.9 Å². The van der Waals surface area contributed by atoms with E-state index in [1.807, 2.05) is 18.3 Å². The normalized spacial score (nSPS) is 12.5. The third-order valence-corrected chi connectivity index (χ3v) is 4.28. The Labute approximate surface area is 116 Å². The number of hydrogen-bond donors (Lipinski definition) is 1. The minimum Gasteiger partial charge on any atom is -0.363 e. The van der Waals surface area contributed by atoms with Gasteiger partial charge in [-0.1, -0.05) is 11.6 Å². The lowest BCUT2D eigenvalue weighted by molar-refractivity contribution is 0.865. The van der Waals surface area contributed by atoms with E-state index >= 15 is 0 Å². The van der Waals surface area contributed by atoms with Crippen molar-refractivity contribution in [2.24, 2.45) is 0 Å². The maximum absolute atomic E-state index is 5.99. The van der Waals surface area contributed by atoms with Gasteiger partial charge in [0.25, 0.3) is 0 Å². The molecule has 0 aromatic carbocycles. The molecule has 0 radical (unpaired) electrons. The SMILES string of the molecule is Cc1cc(C(C)Nc2ncnc(Cl)c2C)c(C)s1. The van der Waals surface area contributed by atoms with Crippen LogP contribution in [0.3, 0.4) is 0 Å². The van der Waals surface area contributed by atoms with E-state index in [4.69, 9.17) is 11.6 Å². The van der Waals surface area contributed by atoms with Gasteiger partial charge >= 0.3 is 0 Å². The first-order valence-electron chi connectivity index (χ1n) is 5.79. The van der Waals surface area contributed by atoms with Crippen LogP contribution in [-0.4, -0.2) is 9.97 Å². The Morgan fingerprint density at radius 1 is 1.28 bits per heavy atom. The van der Waals surface area contributed by atoms with Gasteiger partial charge in [-0.05, 0) is 39.3 Å². The smallest absolute Gasteiger partial charge is 0.137 e. The molecule has 0 aliphatic carbocycles. The number of rotatable bonds is 3. The maximum Gasteiger partial charge on any atom is 0.137 e. The highest BCUT2D eigenvalue weighted by molar-refractivity contribution is 7.12. The summed E-state index contributed by atoms with van der Waals surface area (Å²) in [4.78, 5) is 10.9. The highest BCUT2D eigenvalue weighted by Crippen LogP contribution is 2.29. The molecule has 0 saturated carbocycles. The van der Waals surface area contributed by atoms with Gasteiger partial charge in [-0.3, -0.25) is 0 Å². The van der Waals surface area contributed by atoms with Gasteiger partial charge in [0.1, 0.15) is 17.3 Å². The van der Waals surface area contributed by atoms with E-state index in [1.54, 1.807) is 0 Å². The van der Waals surface area contributed by atoms with Gasteiger partial charge in [0, 0.05) is 15.3 Å². The first-order valence-corrected chi connectivity index (χ1v) is 6.99. The summed E-state index contributed by atoms with van der Waals surface area (Å²) in [6.07, 6.45) is 1.48. The summed E-state index contributed by atoms with van der Waals surface area (Å²) in [5.74, 6) is 0.797. The second-order valence-corrected chi connectivity index (χ2v) is 6.19. The maximum atomic E-state index is 5.99. The summed E-state index contributed by atoms with van der Waals surface area (Å²) in [6.45, 7) is 8.32. The van der Waals surface area contributed by atoms with Gasteiger partial charge in [-0.25, -0.2) is 9.97 Å². The Balaban J connectivity index is 2.24. The molecular weight excluding hydrogens is 266 g/mol. The predicted octanol–water partition coefficient (Wildman–Crippen LogP) is 4.29. The van der Waals surface area contributed by atoms with Gasteiger partial charge in [-0.2, -0.15) is 0 Å². The van der Waals surface area contributed by atoms with E-state index in [0.29, 0.717) is 5.15 Å². The van der Waals surface area contributed by atoms with E-state index in [1.165, 1.54) is 21.6 Å². The molecule has 0 saturated heterocycles. The standard InChI is InChI=1S/C13H16ClN3S/c1-7-5-11(10(4)18-7)9(3)17-13-8(2)12(14)15-6-16-13/h5-6,9H,1-4H3,(H,15,16,17). The molecule has 0 spiro atoms. The number of nitrogens with one attached hydrogen (secondary N) is 1. The fourth-order valence-corrected chi connectivity index (χ4v) is 3.09. The van der Waals surface area contributed by atoms with Crippen molar-refractivity contribution in [3.8, 4) is 0 Å². The molecule has 0 bridgehead atoms. The quantitative estimate of drug-likeness (QED) is 0.853. The van der Waals surface area contributed by atoms with Crippen molar-refractivity contribution in [1.29, 1.82) is 0 Å². The summed E-state index contributed by atoms with van der Waals surface area (Å²) in [7, 11) is 0. The van der Waals surface area contributed by atoms with Crippen molar-refractivity contribution in [2.75, 3.05) is 5.32 Å². The van der Waals surface area contributed by atoms with Crippen LogP contribution in [-0.2, 0) is 0 Å². The summed E-state index contributed by atoms with van der Waals surface area (Å²) in [6, 6.07) is 2.43. The number of aromatic nitrogens is 2. The highest BCUT2D eigenvalue weighted by Gasteiger charge is 2.13. The lowest BCUT2D eigenvalue weighted by Gasteiger charge is -2.16. The Hall–Kier alpha value is -1.13. The molecule has 5 heteroatoms. The topological polar surface area (TPSA) is 37.8 Å². The molecule has 1 atom stereocenters. The lowest BCUT2D eigenvalue weighted by Crippen LogP contribution is -2.09. The number of aryl methyl sites for hydroxylation is 2. The second-order valence-electron chi connectivity index (χ2n) is 4.37. The van der Waals surface area contributed by atoms with Crippen molar-refractivity contribution >= 4 is 28.8 Å². The van der Waals surface area contributed by atoms with Gasteiger partial charge in [0.05, 0.1) is 6.04 Å². The Kier molecular flexibility index (Phi) is 3.88. The Morgan fingerprint density at radius 3 is 2.61 bits per heavy atom. The largest absolute Gasteiger partial charge is 0.363 e. The monoisotopic (exact) mass is 281 g/mol. The number of anilines is 1. The van der Waals surface area contributed by atoms with Crippen LogP contribution in [0.1, 0.15) is 33.8 Å². The molecule has 0 aliphatic heterocycles. The molecule has 1 unspecified atom stereocenters. The van der Waals surface area contributed by atoms with Crippen molar-refractivity contribution in [1.82, 2.24) is 9.97 Å². The molecular formula is C13H16ClN3S. The third-order valence-electron chi connectivity index (χ3n) is 2.92. The molecule has 2 heterocycles. The first kappa shape index (κ1) is 13.3. The molecule has 2 rings (SSSR count). The van der Waals surface area contributed by atoms with Crippen molar-refractivity contribution < 1.29 is 0 Å². The van der Waals surface area contributed by atoms with E-state index < -0.39 is 0 Å². The number of hydrogen-bond acceptors (Lipinski definition) is 4. The zero-order valence-corrected chi connectivity index (χ0v) is 12.5. The summed E-state index contributed by atoms with van der Waals surface area (Å²) >= 11 is 7.81. The average molecular weight is 282 g/mol. The second kappa shape index (κ2) is 5.24. The van der Waals surface area contributed by atoms with Crippen LogP contribution in [0.15, 0.2) is 12.4 Å². The fraction of sp³-hybridized carbons (Fsp3) is 0.385. The van der Waals surface area contributed by atoms with E-state index in [2.05, 4.69) is 42.1 Å². The predicted molar refractivity (Wildman–Crippen MR) is 77.6 cm³/mol. The average Bonchev–Trinajstić information content (AvgIpc) is 2.64. The van der Waals surface area contributed by atoms with Crippen LogP contribution in [0.25, 0.3) is 0 Å². The minimum atomic E-state index is 0.208. The van der Waals surface area contributed by atoms with Crippen LogP contribution < -0.4 is 5.32 Å². The van der Waals surface area contributed by atoms with Gasteiger partial charge in [-0.15, -0.1) is 11.3 Å². The summed E-state index contributed by atoms with van der Waals surface area (Å²) < 4.78 is 0. The molecule has 0 amide bonds. The minimum absolute atomic E-state index is 0.208.